The van der Waals surface area contributed by atoms with Crippen LogP contribution >= 0.6 is 0 Å². The average Bonchev–Trinajstić information content (AvgIpc) is 2.52. The molecule has 1 N–H and O–H groups in total. The molecule has 4 nitrogen and oxygen atoms in total. The van der Waals surface area contributed by atoms with E-state index in [1.54, 1.807) is 20.0 Å². The number of carbonyl (C=O) groups is 1. The highest BCUT2D eigenvalue weighted by Gasteiger charge is 2.33. The zero-order chi connectivity index (χ0) is 17.0. The van der Waals surface area contributed by atoms with Crippen molar-refractivity contribution < 1.29 is 22.7 Å². The third-order valence-electron chi connectivity index (χ3n) is 4.09. The molecule has 0 saturated carbocycles. The van der Waals surface area contributed by atoms with Gasteiger partial charge < -0.3 is 15.0 Å². The van der Waals surface area contributed by atoms with E-state index in [0.29, 0.717) is 6.54 Å². The van der Waals surface area contributed by atoms with Gasteiger partial charge in [0, 0.05) is 13.6 Å². The number of piperidine rings is 1. The second kappa shape index (κ2) is 7.21. The molecule has 1 heterocycles. The average molecular weight is 330 g/mol. The van der Waals surface area contributed by atoms with Gasteiger partial charge in [0.25, 0.3) is 5.91 Å². The third-order valence-corrected chi connectivity index (χ3v) is 4.09. The molecular weight excluding hydrogens is 309 g/mol. The topological polar surface area (TPSA) is 41.6 Å². The molecule has 0 bridgehead atoms. The van der Waals surface area contributed by atoms with Crippen LogP contribution in [-0.4, -0.2) is 43.9 Å². The van der Waals surface area contributed by atoms with E-state index in [-0.39, 0.29) is 11.5 Å². The molecule has 1 amide bonds. The fourth-order valence-corrected chi connectivity index (χ4v) is 2.68. The van der Waals surface area contributed by atoms with Crippen molar-refractivity contribution in [1.29, 1.82) is 0 Å². The number of nitrogens with zero attached hydrogens (tertiary/aromatic N) is 1. The second-order valence-corrected chi connectivity index (χ2v) is 5.65. The fourth-order valence-electron chi connectivity index (χ4n) is 2.68. The highest BCUT2D eigenvalue weighted by molar-refractivity contribution is 5.96. The van der Waals surface area contributed by atoms with Crippen LogP contribution in [0.15, 0.2) is 18.2 Å². The van der Waals surface area contributed by atoms with Crippen molar-refractivity contribution in [2.24, 2.45) is 0 Å². The van der Waals surface area contributed by atoms with Gasteiger partial charge in [0.2, 0.25) is 0 Å². The molecule has 128 valence electrons. The molecule has 0 aliphatic carbocycles. The maximum Gasteiger partial charge on any atom is 0.573 e. The van der Waals surface area contributed by atoms with Crippen molar-refractivity contribution in [3.8, 4) is 5.75 Å². The van der Waals surface area contributed by atoms with Crippen LogP contribution in [-0.2, 0) is 0 Å². The summed E-state index contributed by atoms with van der Waals surface area (Å²) in [7, 11) is 1.54. The van der Waals surface area contributed by atoms with Crippen LogP contribution in [0.3, 0.4) is 0 Å². The van der Waals surface area contributed by atoms with Crippen molar-refractivity contribution >= 4 is 5.91 Å². The predicted molar refractivity (Wildman–Crippen MR) is 80.6 cm³/mol. The Kier molecular flexibility index (Phi) is 5.51. The number of benzene rings is 1. The first-order valence-electron chi connectivity index (χ1n) is 7.67. The van der Waals surface area contributed by atoms with Gasteiger partial charge in [0.05, 0.1) is 5.56 Å². The van der Waals surface area contributed by atoms with Gasteiger partial charge in [-0.25, -0.2) is 0 Å². The van der Waals surface area contributed by atoms with Crippen LogP contribution in [0.4, 0.5) is 13.2 Å². The lowest BCUT2D eigenvalue weighted by Crippen LogP contribution is -2.29. The van der Waals surface area contributed by atoms with E-state index in [2.05, 4.69) is 10.1 Å². The molecule has 0 unspecified atom stereocenters. The third kappa shape index (κ3) is 4.60. The maximum atomic E-state index is 12.7. The van der Waals surface area contributed by atoms with Crippen molar-refractivity contribution in [3.63, 3.8) is 0 Å². The van der Waals surface area contributed by atoms with E-state index in [0.717, 1.165) is 31.5 Å². The van der Waals surface area contributed by atoms with E-state index >= 15 is 0 Å². The molecule has 1 aliphatic heterocycles. The van der Waals surface area contributed by atoms with Crippen LogP contribution in [0, 0.1) is 0 Å². The summed E-state index contributed by atoms with van der Waals surface area (Å²) in [4.78, 5) is 13.6. The van der Waals surface area contributed by atoms with Gasteiger partial charge in [-0.3, -0.25) is 4.79 Å². The summed E-state index contributed by atoms with van der Waals surface area (Å²) in [5, 5.41) is 3.22. The summed E-state index contributed by atoms with van der Waals surface area (Å²) in [5.74, 6) is -0.720. The Labute approximate surface area is 133 Å². The van der Waals surface area contributed by atoms with E-state index < -0.39 is 18.0 Å². The zero-order valence-electron chi connectivity index (χ0n) is 13.2. The summed E-state index contributed by atoms with van der Waals surface area (Å²) in [6, 6.07) is 4.53. The Bertz CT molecular complexity index is 555. The largest absolute Gasteiger partial charge is 0.573 e. The van der Waals surface area contributed by atoms with Crippen molar-refractivity contribution in [3.05, 3.63) is 29.3 Å². The molecule has 7 heteroatoms. The van der Waals surface area contributed by atoms with Gasteiger partial charge >= 0.3 is 6.36 Å². The molecule has 1 aromatic carbocycles. The lowest BCUT2D eigenvalue weighted by molar-refractivity contribution is -0.274. The van der Waals surface area contributed by atoms with E-state index in [4.69, 9.17) is 0 Å². The van der Waals surface area contributed by atoms with Crippen molar-refractivity contribution in [1.82, 2.24) is 10.2 Å². The molecule has 2 rings (SSSR count). The number of hydrogen-bond donors (Lipinski definition) is 1. The van der Waals surface area contributed by atoms with Crippen molar-refractivity contribution in [2.75, 3.05) is 26.7 Å². The summed E-state index contributed by atoms with van der Waals surface area (Å²) >= 11 is 0. The van der Waals surface area contributed by atoms with Gasteiger partial charge in [0.1, 0.15) is 5.75 Å². The van der Waals surface area contributed by atoms with E-state index in [1.807, 2.05) is 0 Å². The fraction of sp³-hybridized carbons (Fsp3) is 0.562. The highest BCUT2D eigenvalue weighted by Crippen LogP contribution is 2.33. The summed E-state index contributed by atoms with van der Waals surface area (Å²) in [6.07, 6.45) is -3.12. The number of alkyl halides is 3. The second-order valence-electron chi connectivity index (χ2n) is 5.65. The number of halogens is 3. The van der Waals surface area contributed by atoms with Crippen LogP contribution in [0.1, 0.15) is 41.6 Å². The van der Waals surface area contributed by atoms with Crippen LogP contribution in [0.5, 0.6) is 5.75 Å². The molecule has 0 radical (unpaired) electrons. The van der Waals surface area contributed by atoms with E-state index in [9.17, 15) is 18.0 Å². The minimum Gasteiger partial charge on any atom is -0.405 e. The summed E-state index contributed by atoms with van der Waals surface area (Å²) in [5.41, 5.74) is 0.714. The summed E-state index contributed by atoms with van der Waals surface area (Å²) < 4.78 is 42.2. The Morgan fingerprint density at radius 1 is 1.35 bits per heavy atom. The SMILES string of the molecule is CCN(C)C(=O)c1ccc(C2CCNCC2)cc1OC(F)(F)F. The molecule has 1 saturated heterocycles. The van der Waals surface area contributed by atoms with E-state index in [1.165, 1.54) is 17.0 Å². The Hall–Kier alpha value is -1.76. The van der Waals surface area contributed by atoms with Gasteiger partial charge in [-0.1, -0.05) is 6.07 Å². The molecule has 1 aliphatic rings. The summed E-state index contributed by atoms with van der Waals surface area (Å²) in [6.45, 7) is 3.82. The van der Waals surface area contributed by atoms with Gasteiger partial charge in [0.15, 0.2) is 0 Å². The molecule has 0 aromatic heterocycles. The molecule has 0 atom stereocenters. The quantitative estimate of drug-likeness (QED) is 0.922. The van der Waals surface area contributed by atoms with Crippen LogP contribution in [0.25, 0.3) is 0 Å². The minimum absolute atomic E-state index is 0.0654. The number of carbonyl (C=O) groups excluding carboxylic acids is 1. The smallest absolute Gasteiger partial charge is 0.405 e. The van der Waals surface area contributed by atoms with Crippen LogP contribution in [0.2, 0.25) is 0 Å². The first-order chi connectivity index (χ1) is 10.8. The Balaban J connectivity index is 2.35. The zero-order valence-corrected chi connectivity index (χ0v) is 13.2. The standard InChI is InChI=1S/C16H21F3N2O2/c1-3-21(2)15(22)13-5-4-12(11-6-8-20-9-7-11)10-14(13)23-16(17,18)19/h4-5,10-11,20H,3,6-9H2,1-2H3. The number of ether oxygens (including phenoxy) is 1. The molecule has 23 heavy (non-hydrogen) atoms. The lowest BCUT2D eigenvalue weighted by Gasteiger charge is -2.24. The molecule has 1 fully saturated rings. The minimum atomic E-state index is -4.83. The monoisotopic (exact) mass is 330 g/mol. The Morgan fingerprint density at radius 2 is 2.00 bits per heavy atom. The predicted octanol–water partition coefficient (Wildman–Crippen LogP) is 3.14. The maximum absolute atomic E-state index is 12.7. The van der Waals surface area contributed by atoms with Crippen LogP contribution < -0.4 is 10.1 Å². The number of amides is 1. The first kappa shape index (κ1) is 17.6. The molecule has 1 aromatic rings. The van der Waals surface area contributed by atoms with Crippen molar-refractivity contribution in [2.45, 2.75) is 32.0 Å². The Morgan fingerprint density at radius 3 is 2.57 bits per heavy atom. The number of hydrogen-bond acceptors (Lipinski definition) is 3. The highest BCUT2D eigenvalue weighted by atomic mass is 19.4. The van der Waals surface area contributed by atoms with Gasteiger partial charge in [-0.05, 0) is 56.5 Å². The number of rotatable bonds is 4. The normalized spacial score (nSPS) is 16.2. The molecule has 0 spiro atoms. The van der Waals surface area contributed by atoms with Gasteiger partial charge in [-0.2, -0.15) is 0 Å². The molecular formula is C16H21F3N2O2. The first-order valence-corrected chi connectivity index (χ1v) is 7.67. The lowest BCUT2D eigenvalue weighted by atomic mass is 9.89. The number of nitrogens with one attached hydrogen (secondary N) is 1. The van der Waals surface area contributed by atoms with Gasteiger partial charge in [-0.15, -0.1) is 13.2 Å².